The second-order valence-corrected chi connectivity index (χ2v) is 7.41. The fourth-order valence-electron chi connectivity index (χ4n) is 3.05. The Balaban J connectivity index is 2.16. The molecule has 2 aliphatic rings. The van der Waals surface area contributed by atoms with Crippen molar-refractivity contribution >= 4 is 10.0 Å². The average Bonchev–Trinajstić information content (AvgIpc) is 2.74. The summed E-state index contributed by atoms with van der Waals surface area (Å²) in [5.74, 6) is 0. The lowest BCUT2D eigenvalue weighted by atomic mass is 10.1. The molecule has 1 saturated heterocycles. The van der Waals surface area contributed by atoms with E-state index >= 15 is 0 Å². The van der Waals surface area contributed by atoms with Gasteiger partial charge in [-0.3, -0.25) is 0 Å². The van der Waals surface area contributed by atoms with Crippen LogP contribution in [0.15, 0.2) is 0 Å². The predicted octanol–water partition coefficient (Wildman–Crippen LogP) is 1.50. The highest BCUT2D eigenvalue weighted by Crippen LogP contribution is 2.30. The van der Waals surface area contributed by atoms with Gasteiger partial charge in [-0.15, -0.1) is 0 Å². The van der Waals surface area contributed by atoms with Crippen LogP contribution >= 0.6 is 0 Å². The molecule has 1 aliphatic carbocycles. The van der Waals surface area contributed by atoms with Crippen molar-refractivity contribution in [2.24, 2.45) is 0 Å². The molecular formula is C12H23NO3S. The van der Waals surface area contributed by atoms with Gasteiger partial charge in [0.15, 0.2) is 0 Å². The third kappa shape index (κ3) is 2.83. The number of aliphatic hydroxyl groups is 1. The van der Waals surface area contributed by atoms with E-state index in [2.05, 4.69) is 0 Å². The van der Waals surface area contributed by atoms with Crippen LogP contribution in [-0.2, 0) is 10.0 Å². The van der Waals surface area contributed by atoms with E-state index in [-0.39, 0.29) is 17.9 Å². The summed E-state index contributed by atoms with van der Waals surface area (Å²) in [6.07, 6.45) is 7.51. The van der Waals surface area contributed by atoms with Gasteiger partial charge in [-0.1, -0.05) is 25.7 Å². The molecule has 17 heavy (non-hydrogen) atoms. The standard InChI is InChI=1S/C12H23NO3S/c14-10-11-6-2-1-5-9-13(11)17(15,16)12-7-3-4-8-12/h11-12,14H,1-10H2. The van der Waals surface area contributed by atoms with Crippen molar-refractivity contribution in [3.63, 3.8) is 0 Å². The van der Waals surface area contributed by atoms with Crippen LogP contribution in [0.1, 0.15) is 51.4 Å². The molecule has 0 spiro atoms. The van der Waals surface area contributed by atoms with Gasteiger partial charge in [0.25, 0.3) is 0 Å². The molecule has 1 N–H and O–H groups in total. The van der Waals surface area contributed by atoms with Crippen LogP contribution in [0, 0.1) is 0 Å². The Hall–Kier alpha value is -0.130. The van der Waals surface area contributed by atoms with Crippen molar-refractivity contribution < 1.29 is 13.5 Å². The van der Waals surface area contributed by atoms with E-state index in [0.717, 1.165) is 51.4 Å². The van der Waals surface area contributed by atoms with E-state index in [1.807, 2.05) is 0 Å². The van der Waals surface area contributed by atoms with Gasteiger partial charge in [-0.25, -0.2) is 8.42 Å². The Bertz CT molecular complexity index is 336. The molecule has 5 heteroatoms. The smallest absolute Gasteiger partial charge is 0.217 e. The molecule has 1 saturated carbocycles. The van der Waals surface area contributed by atoms with Crippen LogP contribution in [0.3, 0.4) is 0 Å². The Morgan fingerprint density at radius 2 is 1.65 bits per heavy atom. The molecule has 1 aliphatic heterocycles. The lowest BCUT2D eigenvalue weighted by molar-refractivity contribution is 0.185. The molecule has 0 aromatic rings. The minimum Gasteiger partial charge on any atom is -0.395 e. The normalized spacial score (nSPS) is 29.4. The van der Waals surface area contributed by atoms with Crippen molar-refractivity contribution in [2.75, 3.05) is 13.2 Å². The largest absolute Gasteiger partial charge is 0.395 e. The highest BCUT2D eigenvalue weighted by molar-refractivity contribution is 7.89. The van der Waals surface area contributed by atoms with Gasteiger partial charge >= 0.3 is 0 Å². The maximum atomic E-state index is 12.5. The highest BCUT2D eigenvalue weighted by atomic mass is 32.2. The lowest BCUT2D eigenvalue weighted by Gasteiger charge is -2.30. The summed E-state index contributed by atoms with van der Waals surface area (Å²) in [6.45, 7) is 0.565. The zero-order valence-electron chi connectivity index (χ0n) is 10.3. The number of sulfonamides is 1. The Morgan fingerprint density at radius 3 is 2.29 bits per heavy atom. The van der Waals surface area contributed by atoms with E-state index < -0.39 is 10.0 Å². The van der Waals surface area contributed by atoms with Crippen molar-refractivity contribution in [1.29, 1.82) is 0 Å². The molecule has 4 nitrogen and oxygen atoms in total. The van der Waals surface area contributed by atoms with Crippen molar-refractivity contribution in [2.45, 2.75) is 62.7 Å². The molecule has 1 unspecified atom stereocenters. The summed E-state index contributed by atoms with van der Waals surface area (Å²) in [4.78, 5) is 0. The molecule has 0 amide bonds. The lowest BCUT2D eigenvalue weighted by Crippen LogP contribution is -2.45. The third-order valence-electron chi connectivity index (χ3n) is 4.08. The predicted molar refractivity (Wildman–Crippen MR) is 67.2 cm³/mol. The van der Waals surface area contributed by atoms with Gasteiger partial charge < -0.3 is 5.11 Å². The van der Waals surface area contributed by atoms with Crippen LogP contribution in [0.5, 0.6) is 0 Å². The van der Waals surface area contributed by atoms with E-state index in [1.165, 1.54) is 0 Å². The zero-order chi connectivity index (χ0) is 12.3. The highest BCUT2D eigenvalue weighted by Gasteiger charge is 2.37. The van der Waals surface area contributed by atoms with Gasteiger partial charge in [-0.2, -0.15) is 4.31 Å². The van der Waals surface area contributed by atoms with Gasteiger partial charge in [-0.05, 0) is 25.7 Å². The van der Waals surface area contributed by atoms with Gasteiger partial charge in [0.05, 0.1) is 11.9 Å². The quantitative estimate of drug-likeness (QED) is 0.837. The minimum atomic E-state index is -3.17. The van der Waals surface area contributed by atoms with Crippen LogP contribution in [-0.4, -0.2) is 42.3 Å². The Kier molecular flexibility index (Phi) is 4.44. The van der Waals surface area contributed by atoms with E-state index in [1.54, 1.807) is 4.31 Å². The first kappa shape index (κ1) is 13.3. The second kappa shape index (κ2) is 5.67. The summed E-state index contributed by atoms with van der Waals surface area (Å²) in [6, 6.07) is -0.178. The molecule has 2 rings (SSSR count). The van der Waals surface area contributed by atoms with E-state index in [0.29, 0.717) is 6.54 Å². The summed E-state index contributed by atoms with van der Waals surface area (Å²) < 4.78 is 26.7. The molecule has 0 bridgehead atoms. The summed E-state index contributed by atoms with van der Waals surface area (Å²) in [5, 5.41) is 9.20. The van der Waals surface area contributed by atoms with Crippen LogP contribution < -0.4 is 0 Å². The maximum absolute atomic E-state index is 12.5. The number of nitrogens with zero attached hydrogens (tertiary/aromatic N) is 1. The van der Waals surface area contributed by atoms with Crippen molar-refractivity contribution in [1.82, 2.24) is 4.31 Å². The first-order valence-electron chi connectivity index (χ1n) is 6.78. The fourth-order valence-corrected chi connectivity index (χ4v) is 5.33. The number of hydrogen-bond donors (Lipinski definition) is 1. The Morgan fingerprint density at radius 1 is 1.00 bits per heavy atom. The average molecular weight is 261 g/mol. The summed E-state index contributed by atoms with van der Waals surface area (Å²) in [7, 11) is -3.17. The molecule has 1 heterocycles. The molecule has 0 aromatic heterocycles. The van der Waals surface area contributed by atoms with Crippen LogP contribution in [0.25, 0.3) is 0 Å². The minimum absolute atomic E-state index is 0.0358. The Labute approximate surface area is 104 Å². The maximum Gasteiger partial charge on any atom is 0.217 e. The first-order chi connectivity index (χ1) is 8.16. The number of rotatable bonds is 3. The molecule has 0 radical (unpaired) electrons. The second-order valence-electron chi connectivity index (χ2n) is 5.25. The summed E-state index contributed by atoms with van der Waals surface area (Å²) in [5.41, 5.74) is 0. The first-order valence-corrected chi connectivity index (χ1v) is 8.28. The van der Waals surface area contributed by atoms with E-state index in [9.17, 15) is 13.5 Å². The van der Waals surface area contributed by atoms with Gasteiger partial charge in [0, 0.05) is 12.6 Å². The fraction of sp³-hybridized carbons (Fsp3) is 1.00. The zero-order valence-corrected chi connectivity index (χ0v) is 11.2. The monoisotopic (exact) mass is 261 g/mol. The molecule has 2 fully saturated rings. The molecule has 0 aromatic carbocycles. The van der Waals surface area contributed by atoms with E-state index in [4.69, 9.17) is 0 Å². The summed E-state index contributed by atoms with van der Waals surface area (Å²) >= 11 is 0. The topological polar surface area (TPSA) is 57.6 Å². The molecular weight excluding hydrogens is 238 g/mol. The number of aliphatic hydroxyl groups excluding tert-OH is 1. The molecule has 1 atom stereocenters. The van der Waals surface area contributed by atoms with Crippen LogP contribution in [0.4, 0.5) is 0 Å². The number of hydrogen-bond acceptors (Lipinski definition) is 3. The molecule has 100 valence electrons. The van der Waals surface area contributed by atoms with Crippen molar-refractivity contribution in [3.05, 3.63) is 0 Å². The van der Waals surface area contributed by atoms with Crippen LogP contribution in [0.2, 0.25) is 0 Å². The third-order valence-corrected chi connectivity index (χ3v) is 6.53. The van der Waals surface area contributed by atoms with Gasteiger partial charge in [0.1, 0.15) is 0 Å². The van der Waals surface area contributed by atoms with Crippen molar-refractivity contribution in [3.8, 4) is 0 Å². The SMILES string of the molecule is O=S(=O)(C1CCCC1)N1CCCCCC1CO. The van der Waals surface area contributed by atoms with Gasteiger partial charge in [0.2, 0.25) is 10.0 Å².